The third kappa shape index (κ3) is 11.5. The van der Waals surface area contributed by atoms with Gasteiger partial charge in [-0.25, -0.2) is 14.4 Å². The largest absolute Gasteiger partial charge is 0.463 e. The van der Waals surface area contributed by atoms with E-state index in [1.807, 2.05) is 12.1 Å². The van der Waals surface area contributed by atoms with Crippen LogP contribution in [0.15, 0.2) is 48.5 Å². The van der Waals surface area contributed by atoms with Crippen LogP contribution in [0.1, 0.15) is 97.9 Å². The average Bonchev–Trinajstić information content (AvgIpc) is 2.91. The first-order chi connectivity index (χ1) is 18.7. The lowest BCUT2D eigenvalue weighted by atomic mass is 10.0. The number of alkyl halides is 3. The quantitative estimate of drug-likeness (QED) is 0.121. The maximum absolute atomic E-state index is 13.2. The van der Waals surface area contributed by atoms with E-state index >= 15 is 0 Å². The monoisotopic (exact) mass is 550 g/mol. The predicted molar refractivity (Wildman–Crippen MR) is 141 cm³/mol. The Kier molecular flexibility index (Phi) is 13.5. The molecule has 0 bridgehead atoms. The van der Waals surface area contributed by atoms with Gasteiger partial charge in [-0.15, -0.1) is 0 Å². The molecule has 214 valence electrons. The Balaban J connectivity index is 1.84. The second-order valence-electron chi connectivity index (χ2n) is 9.33. The minimum Gasteiger partial charge on any atom is -0.463 e. The van der Waals surface area contributed by atoms with Crippen molar-refractivity contribution in [2.75, 3.05) is 6.61 Å². The molecule has 0 saturated heterocycles. The highest BCUT2D eigenvalue weighted by molar-refractivity contribution is 5.93. The van der Waals surface area contributed by atoms with Crippen molar-refractivity contribution < 1.29 is 41.8 Å². The molecule has 0 heterocycles. The van der Waals surface area contributed by atoms with E-state index in [1.54, 1.807) is 19.1 Å². The van der Waals surface area contributed by atoms with Gasteiger partial charge in [0.05, 0.1) is 17.7 Å². The van der Waals surface area contributed by atoms with E-state index in [-0.39, 0.29) is 17.9 Å². The number of unbranched alkanes of at least 4 members (excludes halogenated alkanes) is 7. The molecule has 9 heteroatoms. The fourth-order valence-electron chi connectivity index (χ4n) is 3.80. The maximum Gasteiger partial charge on any atom is 0.436 e. The van der Waals surface area contributed by atoms with Crippen molar-refractivity contribution in [2.24, 2.45) is 0 Å². The van der Waals surface area contributed by atoms with Gasteiger partial charge in [0, 0.05) is 0 Å². The van der Waals surface area contributed by atoms with E-state index in [9.17, 15) is 27.6 Å². The number of carbonyl (C=O) groups is 3. The summed E-state index contributed by atoms with van der Waals surface area (Å²) in [7, 11) is 0. The zero-order valence-corrected chi connectivity index (χ0v) is 22.6. The molecule has 0 aliphatic rings. The molecule has 2 aromatic rings. The van der Waals surface area contributed by atoms with Gasteiger partial charge < -0.3 is 14.2 Å². The molecule has 0 N–H and O–H groups in total. The van der Waals surface area contributed by atoms with Crippen LogP contribution in [0.3, 0.4) is 0 Å². The minimum absolute atomic E-state index is 0.0919. The number of ether oxygens (including phenoxy) is 3. The molecular formula is C30H37F3O6. The highest BCUT2D eigenvalue weighted by Gasteiger charge is 2.49. The summed E-state index contributed by atoms with van der Waals surface area (Å²) in [4.78, 5) is 36.4. The second kappa shape index (κ2) is 16.6. The molecule has 1 unspecified atom stereocenters. The molecule has 39 heavy (non-hydrogen) atoms. The molecule has 6 nitrogen and oxygen atoms in total. The van der Waals surface area contributed by atoms with Crippen LogP contribution in [0, 0.1) is 0 Å². The van der Waals surface area contributed by atoms with Crippen molar-refractivity contribution >= 4 is 17.9 Å². The van der Waals surface area contributed by atoms with Gasteiger partial charge in [0.15, 0.2) is 0 Å². The molecule has 0 aromatic heterocycles. The minimum atomic E-state index is -5.13. The first-order valence-electron chi connectivity index (χ1n) is 13.5. The van der Waals surface area contributed by atoms with Crippen molar-refractivity contribution in [3.63, 3.8) is 0 Å². The zero-order valence-electron chi connectivity index (χ0n) is 22.6. The van der Waals surface area contributed by atoms with Crippen LogP contribution in [0.4, 0.5) is 13.2 Å². The molecule has 0 radical (unpaired) electrons. The van der Waals surface area contributed by atoms with Gasteiger partial charge >= 0.3 is 24.1 Å². The average molecular weight is 551 g/mol. The number of benzene rings is 2. The highest BCUT2D eigenvalue weighted by atomic mass is 19.4. The summed E-state index contributed by atoms with van der Waals surface area (Å²) in [5.41, 5.74) is 1.23. The number of halogens is 3. The van der Waals surface area contributed by atoms with Gasteiger partial charge in [-0.1, -0.05) is 70.9 Å². The van der Waals surface area contributed by atoms with Crippen LogP contribution in [0.2, 0.25) is 0 Å². The lowest BCUT2D eigenvalue weighted by Crippen LogP contribution is -2.42. The Morgan fingerprint density at radius 2 is 1.26 bits per heavy atom. The second-order valence-corrected chi connectivity index (χ2v) is 9.33. The smallest absolute Gasteiger partial charge is 0.436 e. The van der Waals surface area contributed by atoms with Crippen molar-refractivity contribution in [2.45, 2.75) is 90.3 Å². The molecule has 2 rings (SSSR count). The van der Waals surface area contributed by atoms with E-state index in [1.165, 1.54) is 57.1 Å². The van der Waals surface area contributed by atoms with Crippen LogP contribution < -0.4 is 4.74 Å². The van der Waals surface area contributed by atoms with Crippen molar-refractivity contribution in [3.8, 4) is 5.75 Å². The Morgan fingerprint density at radius 3 is 1.82 bits per heavy atom. The molecule has 0 saturated carbocycles. The molecule has 0 spiro atoms. The van der Waals surface area contributed by atoms with Gasteiger partial charge in [0.25, 0.3) is 6.10 Å². The number of esters is 3. The number of aryl methyl sites for hydroxylation is 1. The molecule has 1 atom stereocenters. The SMILES string of the molecule is CCCCCCCCCCc1ccc(C(=O)Oc2ccc(C(=O)OC(C(=O)OCCC)C(F)(F)F)cc2)cc1. The Morgan fingerprint density at radius 1 is 0.718 bits per heavy atom. The molecule has 0 aliphatic carbocycles. The summed E-state index contributed by atoms with van der Waals surface area (Å²) in [6.45, 7) is 3.59. The molecule has 0 aliphatic heterocycles. The molecular weight excluding hydrogens is 513 g/mol. The number of hydrogen-bond acceptors (Lipinski definition) is 6. The number of rotatable bonds is 16. The summed E-state index contributed by atoms with van der Waals surface area (Å²) in [5.74, 6) is -3.57. The molecule has 0 amide bonds. The van der Waals surface area contributed by atoms with Crippen LogP contribution in [-0.4, -0.2) is 36.8 Å². The van der Waals surface area contributed by atoms with Crippen molar-refractivity contribution in [1.82, 2.24) is 0 Å². The fourth-order valence-corrected chi connectivity index (χ4v) is 3.80. The molecule has 2 aromatic carbocycles. The molecule has 0 fully saturated rings. The first-order valence-corrected chi connectivity index (χ1v) is 13.5. The van der Waals surface area contributed by atoms with E-state index in [0.29, 0.717) is 12.0 Å². The van der Waals surface area contributed by atoms with Gasteiger partial charge in [-0.2, -0.15) is 13.2 Å². The van der Waals surface area contributed by atoms with Gasteiger partial charge in [0.2, 0.25) is 0 Å². The first kappa shape index (κ1) is 31.9. The van der Waals surface area contributed by atoms with Crippen LogP contribution >= 0.6 is 0 Å². The predicted octanol–water partition coefficient (Wildman–Crippen LogP) is 7.63. The van der Waals surface area contributed by atoms with E-state index in [2.05, 4.69) is 16.4 Å². The van der Waals surface area contributed by atoms with Gasteiger partial charge in [-0.3, -0.25) is 0 Å². The summed E-state index contributed by atoms with van der Waals surface area (Å²) < 4.78 is 53.7. The topological polar surface area (TPSA) is 78.9 Å². The van der Waals surface area contributed by atoms with Gasteiger partial charge in [-0.05, 0) is 61.2 Å². The lowest BCUT2D eigenvalue weighted by Gasteiger charge is -2.19. The van der Waals surface area contributed by atoms with Crippen molar-refractivity contribution in [1.29, 1.82) is 0 Å². The van der Waals surface area contributed by atoms with Crippen molar-refractivity contribution in [3.05, 3.63) is 65.2 Å². The van der Waals surface area contributed by atoms with Gasteiger partial charge in [0.1, 0.15) is 5.75 Å². The Hall–Kier alpha value is -3.36. The van der Waals surface area contributed by atoms with Crippen LogP contribution in [-0.2, 0) is 20.7 Å². The summed E-state index contributed by atoms with van der Waals surface area (Å²) >= 11 is 0. The van der Waals surface area contributed by atoms with Crippen LogP contribution in [0.5, 0.6) is 5.75 Å². The Labute approximate surface area is 227 Å². The fraction of sp³-hybridized carbons (Fsp3) is 0.500. The third-order valence-corrected chi connectivity index (χ3v) is 5.99. The number of hydrogen-bond donors (Lipinski definition) is 0. The highest BCUT2D eigenvalue weighted by Crippen LogP contribution is 2.26. The normalized spacial score (nSPS) is 12.0. The standard InChI is InChI=1S/C30H37F3O6/c1-3-5-6-7-8-9-10-11-12-22-13-15-23(16-14-22)27(34)38-25-19-17-24(18-20-25)28(35)39-26(30(31,32)33)29(36)37-21-4-2/h13-20,26H,3-12,21H2,1-2H3. The zero-order chi connectivity index (χ0) is 28.7. The summed E-state index contributed by atoms with van der Waals surface area (Å²) in [6.07, 6.45) is 3.03. The lowest BCUT2D eigenvalue weighted by molar-refractivity contribution is -0.218. The van der Waals surface area contributed by atoms with Crippen LogP contribution in [0.25, 0.3) is 0 Å². The number of carbonyl (C=O) groups excluding carboxylic acids is 3. The summed E-state index contributed by atoms with van der Waals surface area (Å²) in [5, 5.41) is 0. The van der Waals surface area contributed by atoms with E-state index in [0.717, 1.165) is 30.5 Å². The van der Waals surface area contributed by atoms with E-state index < -0.39 is 30.2 Å². The Bertz CT molecular complexity index is 1030. The summed E-state index contributed by atoms with van der Waals surface area (Å²) in [6, 6.07) is 11.9. The van der Waals surface area contributed by atoms with E-state index in [4.69, 9.17) is 4.74 Å². The maximum atomic E-state index is 13.2. The third-order valence-electron chi connectivity index (χ3n) is 5.99.